The van der Waals surface area contributed by atoms with Crippen LogP contribution in [-0.2, 0) is 12.8 Å². The molecule has 2 heterocycles. The molecule has 0 saturated carbocycles. The highest BCUT2D eigenvalue weighted by Gasteiger charge is 2.33. The van der Waals surface area contributed by atoms with Gasteiger partial charge in [0.05, 0.1) is 29.1 Å². The SMILES string of the molecule is C.O=C(Nc1ccc(Cl)c(C(F)(F)F)c1)c1ccc2ccc(Oc3ccnc(-c4ncc(CO)[nH]4)c3)cc2c1. The Bertz CT molecular complexity index is 1650. The smallest absolute Gasteiger partial charge is 0.417 e. The minimum Gasteiger partial charge on any atom is -0.457 e. The summed E-state index contributed by atoms with van der Waals surface area (Å²) in [6, 6.07) is 16.8. The van der Waals surface area contributed by atoms with Crippen molar-refractivity contribution >= 4 is 34.0 Å². The molecule has 5 aromatic rings. The first-order valence-corrected chi connectivity index (χ1v) is 11.6. The molecule has 0 spiro atoms. The zero-order chi connectivity index (χ0) is 26.9. The molecule has 39 heavy (non-hydrogen) atoms. The third-order valence-corrected chi connectivity index (χ3v) is 5.94. The normalized spacial score (nSPS) is 11.2. The van der Waals surface area contributed by atoms with Crippen LogP contribution in [0.1, 0.15) is 29.0 Å². The van der Waals surface area contributed by atoms with Crippen molar-refractivity contribution in [1.29, 1.82) is 0 Å². The van der Waals surface area contributed by atoms with Crippen LogP contribution in [0.3, 0.4) is 0 Å². The van der Waals surface area contributed by atoms with Crippen LogP contribution in [-0.4, -0.2) is 26.0 Å². The number of hydrogen-bond donors (Lipinski definition) is 3. The summed E-state index contributed by atoms with van der Waals surface area (Å²) in [5.41, 5.74) is 0.275. The summed E-state index contributed by atoms with van der Waals surface area (Å²) in [5.74, 6) is 0.897. The Balaban J connectivity index is 0.00000353. The first kappa shape index (κ1) is 27.6. The maximum Gasteiger partial charge on any atom is 0.417 e. The number of nitrogens with one attached hydrogen (secondary N) is 2. The number of imidazole rings is 1. The predicted molar refractivity (Wildman–Crippen MR) is 143 cm³/mol. The van der Waals surface area contributed by atoms with Crippen LogP contribution < -0.4 is 10.1 Å². The fourth-order valence-corrected chi connectivity index (χ4v) is 3.99. The highest BCUT2D eigenvalue weighted by atomic mass is 35.5. The lowest BCUT2D eigenvalue weighted by atomic mass is 10.1. The summed E-state index contributed by atoms with van der Waals surface area (Å²) < 4.78 is 45.5. The van der Waals surface area contributed by atoms with E-state index in [1.165, 1.54) is 12.3 Å². The molecule has 0 unspecified atom stereocenters. The zero-order valence-corrected chi connectivity index (χ0v) is 20.1. The third-order valence-electron chi connectivity index (χ3n) is 5.61. The molecule has 0 aliphatic carbocycles. The number of hydrogen-bond acceptors (Lipinski definition) is 5. The second kappa shape index (κ2) is 11.1. The Labute approximate surface area is 226 Å². The molecule has 11 heteroatoms. The molecule has 0 aliphatic rings. The van der Waals surface area contributed by atoms with Gasteiger partial charge in [-0.2, -0.15) is 13.2 Å². The van der Waals surface area contributed by atoms with E-state index in [0.29, 0.717) is 34.1 Å². The second-order valence-electron chi connectivity index (χ2n) is 8.26. The fraction of sp³-hybridized carbons (Fsp3) is 0.107. The molecular formula is C28H22ClF3N4O3. The number of anilines is 1. The maximum absolute atomic E-state index is 13.2. The molecule has 5 rings (SSSR count). The molecule has 0 radical (unpaired) electrons. The lowest BCUT2D eigenvalue weighted by Gasteiger charge is -2.12. The minimum atomic E-state index is -4.65. The quantitative estimate of drug-likeness (QED) is 0.202. The van der Waals surface area contributed by atoms with Crippen LogP contribution in [0.5, 0.6) is 11.5 Å². The van der Waals surface area contributed by atoms with Crippen LogP contribution in [0.25, 0.3) is 22.3 Å². The highest BCUT2D eigenvalue weighted by Crippen LogP contribution is 2.36. The monoisotopic (exact) mass is 554 g/mol. The number of H-pyrrole nitrogens is 1. The van der Waals surface area contributed by atoms with Crippen molar-refractivity contribution < 1.29 is 27.8 Å². The number of alkyl halides is 3. The first-order chi connectivity index (χ1) is 18.2. The van der Waals surface area contributed by atoms with Crippen molar-refractivity contribution in [2.24, 2.45) is 0 Å². The van der Waals surface area contributed by atoms with Crippen LogP contribution in [0.15, 0.2) is 79.1 Å². The number of fused-ring (bicyclic) bond motifs is 1. The van der Waals surface area contributed by atoms with E-state index in [2.05, 4.69) is 20.3 Å². The number of aliphatic hydroxyl groups is 1. The Hall–Kier alpha value is -4.41. The van der Waals surface area contributed by atoms with Crippen molar-refractivity contribution in [3.05, 3.63) is 101 Å². The van der Waals surface area contributed by atoms with Gasteiger partial charge in [0, 0.05) is 23.5 Å². The summed E-state index contributed by atoms with van der Waals surface area (Å²) in [6.07, 6.45) is -1.56. The van der Waals surface area contributed by atoms with Crippen molar-refractivity contribution in [3.63, 3.8) is 0 Å². The average Bonchev–Trinajstić information content (AvgIpc) is 3.38. The first-order valence-electron chi connectivity index (χ1n) is 11.2. The highest BCUT2D eigenvalue weighted by molar-refractivity contribution is 6.31. The van der Waals surface area contributed by atoms with E-state index in [9.17, 15) is 23.1 Å². The van der Waals surface area contributed by atoms with E-state index in [4.69, 9.17) is 16.3 Å². The molecule has 1 amide bonds. The molecule has 3 N–H and O–H groups in total. The number of nitrogens with zero attached hydrogens (tertiary/aromatic N) is 2. The molecule has 7 nitrogen and oxygen atoms in total. The number of aromatic amines is 1. The van der Waals surface area contributed by atoms with Gasteiger partial charge in [0.2, 0.25) is 0 Å². The minimum absolute atomic E-state index is 0. The second-order valence-corrected chi connectivity index (χ2v) is 8.67. The zero-order valence-electron chi connectivity index (χ0n) is 19.4. The van der Waals surface area contributed by atoms with Gasteiger partial charge in [-0.15, -0.1) is 0 Å². The van der Waals surface area contributed by atoms with Gasteiger partial charge in [-0.25, -0.2) is 4.98 Å². The third kappa shape index (κ3) is 6.19. The average molecular weight is 555 g/mol. The van der Waals surface area contributed by atoms with Crippen LogP contribution in [0.4, 0.5) is 18.9 Å². The van der Waals surface area contributed by atoms with Crippen molar-refractivity contribution in [1.82, 2.24) is 15.0 Å². The number of benzene rings is 3. The molecule has 200 valence electrons. The number of ether oxygens (including phenoxy) is 1. The van der Waals surface area contributed by atoms with Gasteiger partial charge >= 0.3 is 6.18 Å². The van der Waals surface area contributed by atoms with Gasteiger partial charge in [0.1, 0.15) is 17.2 Å². The Morgan fingerprint density at radius 3 is 2.49 bits per heavy atom. The molecule has 3 aromatic carbocycles. The Morgan fingerprint density at radius 2 is 1.74 bits per heavy atom. The molecule has 0 bridgehead atoms. The van der Waals surface area contributed by atoms with E-state index in [1.54, 1.807) is 48.7 Å². The predicted octanol–water partition coefficient (Wildman–Crippen LogP) is 7.47. The van der Waals surface area contributed by atoms with Crippen molar-refractivity contribution in [2.75, 3.05) is 5.32 Å². The summed E-state index contributed by atoms with van der Waals surface area (Å²) in [6.45, 7) is -0.172. The van der Waals surface area contributed by atoms with Crippen LogP contribution in [0, 0.1) is 0 Å². The van der Waals surface area contributed by atoms with Crippen LogP contribution in [0.2, 0.25) is 5.02 Å². The van der Waals surface area contributed by atoms with Gasteiger partial charge in [0.15, 0.2) is 5.82 Å². The largest absolute Gasteiger partial charge is 0.457 e. The number of pyridine rings is 1. The van der Waals surface area contributed by atoms with E-state index in [1.807, 2.05) is 6.07 Å². The number of amides is 1. The van der Waals surface area contributed by atoms with Crippen molar-refractivity contribution in [2.45, 2.75) is 20.2 Å². The number of carbonyl (C=O) groups is 1. The van der Waals surface area contributed by atoms with Crippen molar-refractivity contribution in [3.8, 4) is 23.0 Å². The van der Waals surface area contributed by atoms with Gasteiger partial charge in [0.25, 0.3) is 5.91 Å². The number of rotatable bonds is 6. The lowest BCUT2D eigenvalue weighted by molar-refractivity contribution is -0.137. The Morgan fingerprint density at radius 1 is 0.974 bits per heavy atom. The molecule has 0 atom stereocenters. The van der Waals surface area contributed by atoms with Crippen LogP contribution >= 0.6 is 11.6 Å². The lowest BCUT2D eigenvalue weighted by Crippen LogP contribution is -2.13. The van der Waals surface area contributed by atoms with Gasteiger partial charge in [-0.3, -0.25) is 9.78 Å². The topological polar surface area (TPSA) is 100 Å². The number of halogens is 4. The number of carbonyl (C=O) groups excluding carboxylic acids is 1. The number of aliphatic hydroxyl groups excluding tert-OH is 1. The summed E-state index contributed by atoms with van der Waals surface area (Å²) in [5, 5.41) is 12.8. The van der Waals surface area contributed by atoms with E-state index >= 15 is 0 Å². The molecular weight excluding hydrogens is 533 g/mol. The summed E-state index contributed by atoms with van der Waals surface area (Å²) >= 11 is 5.66. The summed E-state index contributed by atoms with van der Waals surface area (Å²) in [4.78, 5) is 24.2. The molecule has 0 aliphatic heterocycles. The summed E-state index contributed by atoms with van der Waals surface area (Å²) in [7, 11) is 0. The Kier molecular flexibility index (Phi) is 7.89. The maximum atomic E-state index is 13.2. The standard InChI is InChI=1S/C27H18ClF3N4O3.CH4/c28-23-6-4-18(11-22(23)27(29,30)31)35-26(37)16-2-1-15-3-5-20(10-17(15)9-16)38-21-7-8-32-24(12-21)25-33-13-19(14-36)34-25;/h1-13,36H,14H2,(H,33,34)(H,35,37);1H4. The molecule has 0 saturated heterocycles. The van der Waals surface area contributed by atoms with E-state index in [-0.39, 0.29) is 25.3 Å². The number of aromatic nitrogens is 3. The molecule has 0 fully saturated rings. The van der Waals surface area contributed by atoms with Gasteiger partial charge in [-0.05, 0) is 59.3 Å². The van der Waals surface area contributed by atoms with E-state index in [0.717, 1.165) is 17.5 Å². The molecule has 2 aromatic heterocycles. The van der Waals surface area contributed by atoms with E-state index < -0.39 is 22.7 Å². The fourth-order valence-electron chi connectivity index (χ4n) is 3.76. The van der Waals surface area contributed by atoms with Gasteiger partial charge in [-0.1, -0.05) is 31.2 Å². The van der Waals surface area contributed by atoms with Gasteiger partial charge < -0.3 is 20.1 Å².